The Labute approximate surface area is 154 Å². The largest absolute Gasteiger partial charge is 0.497 e. The number of aliphatic hydroxyl groups is 2. The highest BCUT2D eigenvalue weighted by atomic mass is 16.5. The molecule has 1 aliphatic heterocycles. The highest BCUT2D eigenvalue weighted by Gasteiger charge is 2.37. The average Bonchev–Trinajstić information content (AvgIpc) is 2.68. The summed E-state index contributed by atoms with van der Waals surface area (Å²) in [6.07, 6.45) is 0.906. The molecule has 1 fully saturated rings. The molecular formula is C21H27NO4. The van der Waals surface area contributed by atoms with Gasteiger partial charge in [-0.05, 0) is 43.1 Å². The summed E-state index contributed by atoms with van der Waals surface area (Å²) in [7, 11) is 3.23. The number of hydrogen-bond acceptors (Lipinski definition) is 5. The summed E-state index contributed by atoms with van der Waals surface area (Å²) in [4.78, 5) is 2.11. The normalized spacial score (nSPS) is 22.0. The van der Waals surface area contributed by atoms with Crippen molar-refractivity contribution in [3.8, 4) is 11.5 Å². The zero-order valence-corrected chi connectivity index (χ0v) is 15.4. The van der Waals surface area contributed by atoms with Gasteiger partial charge in [-0.1, -0.05) is 30.3 Å². The summed E-state index contributed by atoms with van der Waals surface area (Å²) in [5, 5.41) is 21.9. The lowest BCUT2D eigenvalue weighted by Gasteiger charge is -2.40. The predicted molar refractivity (Wildman–Crippen MR) is 101 cm³/mol. The van der Waals surface area contributed by atoms with Crippen LogP contribution in [0.5, 0.6) is 11.5 Å². The summed E-state index contributed by atoms with van der Waals surface area (Å²) < 4.78 is 10.7. The van der Waals surface area contributed by atoms with Crippen molar-refractivity contribution >= 4 is 0 Å². The lowest BCUT2D eigenvalue weighted by atomic mass is 9.85. The maximum Gasteiger partial charge on any atom is 0.124 e. The highest BCUT2D eigenvalue weighted by molar-refractivity contribution is 5.38. The molecule has 5 heteroatoms. The molecule has 2 N–H and O–H groups in total. The maximum absolute atomic E-state index is 11.3. The van der Waals surface area contributed by atoms with Crippen LogP contribution in [-0.4, -0.2) is 49.0 Å². The topological polar surface area (TPSA) is 62.2 Å². The number of aliphatic hydroxyl groups excluding tert-OH is 1. The molecule has 1 saturated heterocycles. The van der Waals surface area contributed by atoms with Crippen molar-refractivity contribution in [2.45, 2.75) is 24.5 Å². The minimum absolute atomic E-state index is 0.463. The number of likely N-dealkylation sites (tertiary alicyclic amines) is 1. The fraction of sp³-hybridized carbons (Fsp3) is 0.429. The molecule has 0 saturated carbocycles. The molecule has 0 aromatic heterocycles. The molecule has 0 aliphatic carbocycles. The van der Waals surface area contributed by atoms with Crippen molar-refractivity contribution in [3.05, 3.63) is 59.7 Å². The van der Waals surface area contributed by atoms with Gasteiger partial charge in [-0.25, -0.2) is 0 Å². The maximum atomic E-state index is 11.3. The van der Waals surface area contributed by atoms with Crippen LogP contribution >= 0.6 is 0 Å². The van der Waals surface area contributed by atoms with E-state index in [1.807, 2.05) is 48.5 Å². The Morgan fingerprint density at radius 1 is 1.12 bits per heavy atom. The lowest BCUT2D eigenvalue weighted by Crippen LogP contribution is -2.47. The molecule has 26 heavy (non-hydrogen) atoms. The molecule has 0 unspecified atom stereocenters. The van der Waals surface area contributed by atoms with Gasteiger partial charge in [0.05, 0.1) is 20.3 Å². The first-order valence-corrected chi connectivity index (χ1v) is 8.96. The smallest absolute Gasteiger partial charge is 0.124 e. The summed E-state index contributed by atoms with van der Waals surface area (Å²) in [5.41, 5.74) is 0.651. The van der Waals surface area contributed by atoms with Gasteiger partial charge in [-0.2, -0.15) is 0 Å². The molecule has 0 bridgehead atoms. The minimum atomic E-state index is -0.973. The standard InChI is InChI=1S/C21H27NO4/c1-25-17-8-5-7-16(13-17)19(23)14-22-12-6-11-21(24,15-22)18-9-3-4-10-20(18)26-2/h3-5,7-10,13,19,23-24H,6,11-12,14-15H2,1-2H3/t19-,21+/m1/s1. The van der Waals surface area contributed by atoms with Crippen molar-refractivity contribution in [1.82, 2.24) is 4.90 Å². The Bertz CT molecular complexity index is 735. The summed E-state index contributed by atoms with van der Waals surface area (Å²) in [5.74, 6) is 1.43. The van der Waals surface area contributed by atoms with Gasteiger partial charge in [0.1, 0.15) is 17.1 Å². The second kappa shape index (κ2) is 8.08. The molecule has 1 heterocycles. The molecule has 2 aromatic carbocycles. The highest BCUT2D eigenvalue weighted by Crippen LogP contribution is 2.37. The molecule has 140 valence electrons. The van der Waals surface area contributed by atoms with Crippen LogP contribution in [0.4, 0.5) is 0 Å². The van der Waals surface area contributed by atoms with Gasteiger partial charge in [0.15, 0.2) is 0 Å². The Morgan fingerprint density at radius 3 is 2.69 bits per heavy atom. The molecule has 3 rings (SSSR count). The van der Waals surface area contributed by atoms with Crippen LogP contribution in [0.2, 0.25) is 0 Å². The van der Waals surface area contributed by atoms with Crippen LogP contribution in [0.3, 0.4) is 0 Å². The molecule has 2 atom stereocenters. The summed E-state index contributed by atoms with van der Waals surface area (Å²) >= 11 is 0. The fourth-order valence-electron chi connectivity index (χ4n) is 3.73. The van der Waals surface area contributed by atoms with Crippen LogP contribution < -0.4 is 9.47 Å². The van der Waals surface area contributed by atoms with Gasteiger partial charge in [0, 0.05) is 18.7 Å². The quantitative estimate of drug-likeness (QED) is 0.832. The van der Waals surface area contributed by atoms with Crippen molar-refractivity contribution in [1.29, 1.82) is 0 Å². The van der Waals surface area contributed by atoms with Crippen molar-refractivity contribution in [2.75, 3.05) is 33.9 Å². The first-order valence-electron chi connectivity index (χ1n) is 8.96. The third-order valence-corrected chi connectivity index (χ3v) is 5.07. The van der Waals surface area contributed by atoms with Gasteiger partial charge >= 0.3 is 0 Å². The number of methoxy groups -OCH3 is 2. The number of β-amino-alcohol motifs (C(OH)–C–C–N with tert-alkyl or cyclic N) is 2. The Morgan fingerprint density at radius 2 is 1.92 bits per heavy atom. The van der Waals surface area contributed by atoms with Crippen LogP contribution in [0.1, 0.15) is 30.1 Å². The fourth-order valence-corrected chi connectivity index (χ4v) is 3.73. The average molecular weight is 357 g/mol. The minimum Gasteiger partial charge on any atom is -0.497 e. The van der Waals surface area contributed by atoms with Crippen molar-refractivity contribution in [3.63, 3.8) is 0 Å². The Balaban J connectivity index is 1.73. The van der Waals surface area contributed by atoms with E-state index in [2.05, 4.69) is 4.90 Å². The second-order valence-electron chi connectivity index (χ2n) is 6.86. The molecule has 0 radical (unpaired) electrons. The van der Waals surface area contributed by atoms with E-state index >= 15 is 0 Å². The van der Waals surface area contributed by atoms with E-state index in [0.29, 0.717) is 25.3 Å². The van der Waals surface area contributed by atoms with Crippen LogP contribution in [0.15, 0.2) is 48.5 Å². The second-order valence-corrected chi connectivity index (χ2v) is 6.86. The first kappa shape index (κ1) is 18.7. The van der Waals surface area contributed by atoms with E-state index < -0.39 is 11.7 Å². The third kappa shape index (κ3) is 4.01. The number of benzene rings is 2. The summed E-state index contributed by atoms with van der Waals surface area (Å²) in [6, 6.07) is 15.1. The van der Waals surface area contributed by atoms with E-state index in [1.54, 1.807) is 14.2 Å². The van der Waals surface area contributed by atoms with E-state index in [1.165, 1.54) is 0 Å². The zero-order chi connectivity index (χ0) is 18.6. The predicted octanol–water partition coefficient (Wildman–Crippen LogP) is 2.72. The van der Waals surface area contributed by atoms with E-state index in [0.717, 1.165) is 29.8 Å². The molecular weight excluding hydrogens is 330 g/mol. The van der Waals surface area contributed by atoms with Gasteiger partial charge < -0.3 is 19.7 Å². The summed E-state index contributed by atoms with van der Waals surface area (Å²) in [6.45, 7) is 1.78. The van der Waals surface area contributed by atoms with Gasteiger partial charge in [0.2, 0.25) is 0 Å². The third-order valence-electron chi connectivity index (χ3n) is 5.07. The van der Waals surface area contributed by atoms with Gasteiger partial charge in [-0.3, -0.25) is 4.90 Å². The molecule has 0 spiro atoms. The van der Waals surface area contributed by atoms with E-state index in [-0.39, 0.29) is 0 Å². The van der Waals surface area contributed by atoms with E-state index in [9.17, 15) is 10.2 Å². The number of hydrogen-bond donors (Lipinski definition) is 2. The van der Waals surface area contributed by atoms with E-state index in [4.69, 9.17) is 9.47 Å². The molecule has 2 aromatic rings. The zero-order valence-electron chi connectivity index (χ0n) is 15.4. The van der Waals surface area contributed by atoms with Gasteiger partial charge in [-0.15, -0.1) is 0 Å². The van der Waals surface area contributed by atoms with Crippen LogP contribution in [0.25, 0.3) is 0 Å². The molecule has 1 aliphatic rings. The number of piperidine rings is 1. The Kier molecular flexibility index (Phi) is 5.81. The number of ether oxygens (including phenoxy) is 2. The van der Waals surface area contributed by atoms with Crippen molar-refractivity contribution in [2.24, 2.45) is 0 Å². The Hall–Kier alpha value is -2.08. The SMILES string of the molecule is COc1cccc([C@H](O)CN2CCC[C@@](O)(c3ccccc3OC)C2)c1. The number of para-hydroxylation sites is 1. The number of nitrogens with zero attached hydrogens (tertiary/aromatic N) is 1. The van der Waals surface area contributed by atoms with Crippen LogP contribution in [-0.2, 0) is 5.60 Å². The monoisotopic (exact) mass is 357 g/mol. The molecule has 5 nitrogen and oxygen atoms in total. The lowest BCUT2D eigenvalue weighted by molar-refractivity contribution is -0.0474. The number of rotatable bonds is 6. The first-order chi connectivity index (χ1) is 12.6. The van der Waals surface area contributed by atoms with Crippen molar-refractivity contribution < 1.29 is 19.7 Å². The molecule has 0 amide bonds. The van der Waals surface area contributed by atoms with Crippen LogP contribution in [0, 0.1) is 0 Å². The van der Waals surface area contributed by atoms with Gasteiger partial charge in [0.25, 0.3) is 0 Å².